The minimum absolute atomic E-state index is 0.0442. The number of aromatic nitrogens is 1. The first-order valence-corrected chi connectivity index (χ1v) is 9.57. The molecule has 1 amide bonds. The highest BCUT2D eigenvalue weighted by Gasteiger charge is 2.63. The SMILES string of the molecule is O=C(c1ccc(NNC=C2C=CC=C2)nc1)N1N=C(c2ccccc2)CC1(O)C(F)(F)F. The number of amides is 1. The van der Waals surface area contributed by atoms with Gasteiger partial charge in [0.25, 0.3) is 11.6 Å². The molecular weight excluding hydrogens is 423 g/mol. The first kappa shape index (κ1) is 21.3. The van der Waals surface area contributed by atoms with Crippen molar-refractivity contribution in [1.82, 2.24) is 15.4 Å². The van der Waals surface area contributed by atoms with E-state index in [1.807, 2.05) is 24.3 Å². The van der Waals surface area contributed by atoms with Gasteiger partial charge in [-0.1, -0.05) is 54.6 Å². The van der Waals surface area contributed by atoms with Crippen molar-refractivity contribution in [2.75, 3.05) is 5.43 Å². The normalized spacial score (nSPS) is 19.8. The van der Waals surface area contributed by atoms with Gasteiger partial charge in [-0.2, -0.15) is 23.3 Å². The molecule has 1 aliphatic carbocycles. The van der Waals surface area contributed by atoms with Gasteiger partial charge in [-0.15, -0.1) is 0 Å². The summed E-state index contributed by atoms with van der Waals surface area (Å²) in [6.45, 7) is 0. The number of hydrazine groups is 1. The van der Waals surface area contributed by atoms with Crippen LogP contribution < -0.4 is 10.9 Å². The van der Waals surface area contributed by atoms with Gasteiger partial charge in [0.15, 0.2) is 0 Å². The summed E-state index contributed by atoms with van der Waals surface area (Å²) < 4.78 is 41.2. The number of allylic oxidation sites excluding steroid dienone is 5. The molecule has 0 saturated carbocycles. The van der Waals surface area contributed by atoms with Crippen LogP contribution in [-0.4, -0.2) is 38.6 Å². The first-order chi connectivity index (χ1) is 15.3. The molecule has 1 aromatic carbocycles. The molecule has 0 radical (unpaired) electrons. The Hall–Kier alpha value is -3.92. The van der Waals surface area contributed by atoms with Crippen LogP contribution in [0.25, 0.3) is 0 Å². The molecule has 0 saturated heterocycles. The number of nitrogens with zero attached hydrogens (tertiary/aromatic N) is 3. The first-order valence-electron chi connectivity index (χ1n) is 9.57. The van der Waals surface area contributed by atoms with E-state index < -0.39 is 24.2 Å². The molecule has 7 nitrogen and oxygen atoms in total. The van der Waals surface area contributed by atoms with Crippen molar-refractivity contribution in [2.24, 2.45) is 5.10 Å². The number of benzene rings is 1. The number of carbonyl (C=O) groups excluding carboxylic acids is 1. The smallest absolute Gasteiger partial charge is 0.362 e. The number of nitrogens with one attached hydrogen (secondary N) is 2. The second-order valence-electron chi connectivity index (χ2n) is 7.08. The number of hydrogen-bond acceptors (Lipinski definition) is 6. The Kier molecular flexibility index (Phi) is 5.54. The molecule has 1 unspecified atom stereocenters. The Labute approximate surface area is 181 Å². The minimum Gasteiger partial charge on any atom is -0.362 e. The quantitative estimate of drug-likeness (QED) is 0.618. The lowest BCUT2D eigenvalue weighted by molar-refractivity contribution is -0.297. The highest BCUT2D eigenvalue weighted by molar-refractivity contribution is 6.05. The molecule has 0 spiro atoms. The van der Waals surface area contributed by atoms with Crippen molar-refractivity contribution in [3.8, 4) is 0 Å². The number of carbonyl (C=O) groups is 1. The van der Waals surface area contributed by atoms with Crippen molar-refractivity contribution >= 4 is 17.4 Å². The summed E-state index contributed by atoms with van der Waals surface area (Å²) in [5.74, 6) is -0.781. The predicted octanol–water partition coefficient (Wildman–Crippen LogP) is 3.51. The van der Waals surface area contributed by atoms with Gasteiger partial charge >= 0.3 is 6.18 Å². The Morgan fingerprint density at radius 1 is 1.12 bits per heavy atom. The predicted molar refractivity (Wildman–Crippen MR) is 112 cm³/mol. The van der Waals surface area contributed by atoms with Crippen LogP contribution in [0.1, 0.15) is 22.3 Å². The Morgan fingerprint density at radius 3 is 2.47 bits per heavy atom. The number of halogens is 3. The van der Waals surface area contributed by atoms with Gasteiger partial charge in [0, 0.05) is 12.4 Å². The largest absolute Gasteiger partial charge is 0.438 e. The summed E-state index contributed by atoms with van der Waals surface area (Å²) in [7, 11) is 0. The van der Waals surface area contributed by atoms with Crippen LogP contribution in [0.4, 0.5) is 19.0 Å². The van der Waals surface area contributed by atoms with Crippen LogP contribution in [-0.2, 0) is 0 Å². The lowest BCUT2D eigenvalue weighted by Crippen LogP contribution is -2.56. The molecule has 2 aliphatic rings. The third kappa shape index (κ3) is 4.12. The molecule has 164 valence electrons. The van der Waals surface area contributed by atoms with Crippen LogP contribution in [0.15, 0.2) is 89.8 Å². The number of hydrazone groups is 1. The number of anilines is 1. The number of alkyl halides is 3. The van der Waals surface area contributed by atoms with Crippen LogP contribution >= 0.6 is 0 Å². The average Bonchev–Trinajstić information content (AvgIpc) is 3.42. The van der Waals surface area contributed by atoms with Gasteiger partial charge in [0.05, 0.1) is 17.7 Å². The molecule has 10 heteroatoms. The maximum absolute atomic E-state index is 13.7. The molecule has 3 N–H and O–H groups in total. The average molecular weight is 441 g/mol. The van der Waals surface area contributed by atoms with E-state index in [0.29, 0.717) is 11.4 Å². The fourth-order valence-corrected chi connectivity index (χ4v) is 3.17. The summed E-state index contributed by atoms with van der Waals surface area (Å²) in [6, 6.07) is 10.8. The summed E-state index contributed by atoms with van der Waals surface area (Å²) in [5, 5.41) is 14.3. The van der Waals surface area contributed by atoms with Crippen molar-refractivity contribution in [3.63, 3.8) is 0 Å². The van der Waals surface area contributed by atoms with Crippen LogP contribution in [0.5, 0.6) is 0 Å². The summed E-state index contributed by atoms with van der Waals surface area (Å²) >= 11 is 0. The van der Waals surface area contributed by atoms with Crippen molar-refractivity contribution < 1.29 is 23.1 Å². The van der Waals surface area contributed by atoms with Gasteiger partial charge in [0.2, 0.25) is 0 Å². The summed E-state index contributed by atoms with van der Waals surface area (Å²) in [5.41, 5.74) is 3.27. The van der Waals surface area contributed by atoms with Crippen LogP contribution in [0, 0.1) is 0 Å². The number of rotatable bonds is 5. The molecule has 1 aliphatic heterocycles. The standard InChI is InChI=1S/C22H18F3N5O2/c23-22(24,25)21(32)12-18(16-8-2-1-3-9-16)29-30(21)20(31)17-10-11-19(26-14-17)28-27-13-15-6-4-5-7-15/h1-11,13-14,27,32H,12H2,(H,26,28). The van der Waals surface area contributed by atoms with E-state index in [-0.39, 0.29) is 16.3 Å². The van der Waals surface area contributed by atoms with E-state index in [1.54, 1.807) is 36.5 Å². The second kappa shape index (κ2) is 8.31. The number of hydrogen-bond donors (Lipinski definition) is 3. The third-order valence-electron chi connectivity index (χ3n) is 4.88. The molecular formula is C22H18F3N5O2. The van der Waals surface area contributed by atoms with Gasteiger partial charge in [0.1, 0.15) is 5.82 Å². The fourth-order valence-electron chi connectivity index (χ4n) is 3.17. The highest BCUT2D eigenvalue weighted by atomic mass is 19.4. The fraction of sp³-hybridized carbons (Fsp3) is 0.136. The van der Waals surface area contributed by atoms with E-state index in [0.717, 1.165) is 11.8 Å². The topological polar surface area (TPSA) is 89.9 Å². The third-order valence-corrected chi connectivity index (χ3v) is 4.88. The molecule has 0 fully saturated rings. The van der Waals surface area contributed by atoms with E-state index in [2.05, 4.69) is 20.9 Å². The van der Waals surface area contributed by atoms with Gasteiger partial charge in [-0.3, -0.25) is 10.2 Å². The highest BCUT2D eigenvalue weighted by Crippen LogP contribution is 2.41. The molecule has 4 rings (SSSR count). The van der Waals surface area contributed by atoms with Crippen molar-refractivity contribution in [3.05, 3.63) is 95.9 Å². The summed E-state index contributed by atoms with van der Waals surface area (Å²) in [6.07, 6.45) is 4.32. The summed E-state index contributed by atoms with van der Waals surface area (Å²) in [4.78, 5) is 16.9. The Balaban J connectivity index is 1.54. The monoisotopic (exact) mass is 441 g/mol. The molecule has 1 atom stereocenters. The van der Waals surface area contributed by atoms with E-state index in [1.165, 1.54) is 12.1 Å². The maximum atomic E-state index is 13.7. The lowest BCUT2D eigenvalue weighted by Gasteiger charge is -2.32. The molecule has 32 heavy (non-hydrogen) atoms. The van der Waals surface area contributed by atoms with Gasteiger partial charge < -0.3 is 10.5 Å². The van der Waals surface area contributed by atoms with Crippen LogP contribution in [0.2, 0.25) is 0 Å². The van der Waals surface area contributed by atoms with Crippen LogP contribution in [0.3, 0.4) is 0 Å². The Bertz CT molecular complexity index is 1110. The van der Waals surface area contributed by atoms with E-state index >= 15 is 0 Å². The zero-order chi connectivity index (χ0) is 22.8. The zero-order valence-corrected chi connectivity index (χ0v) is 16.5. The Morgan fingerprint density at radius 2 is 1.84 bits per heavy atom. The van der Waals surface area contributed by atoms with E-state index in [9.17, 15) is 23.1 Å². The molecule has 2 aromatic rings. The van der Waals surface area contributed by atoms with Crippen molar-refractivity contribution in [1.29, 1.82) is 0 Å². The van der Waals surface area contributed by atoms with Gasteiger partial charge in [-0.05, 0) is 23.3 Å². The number of aliphatic hydroxyl groups is 1. The lowest BCUT2D eigenvalue weighted by atomic mass is 10.0. The maximum Gasteiger partial charge on any atom is 0.438 e. The van der Waals surface area contributed by atoms with E-state index in [4.69, 9.17) is 0 Å². The molecule has 1 aromatic heterocycles. The molecule has 2 heterocycles. The van der Waals surface area contributed by atoms with Crippen molar-refractivity contribution in [2.45, 2.75) is 18.3 Å². The molecule has 0 bridgehead atoms. The zero-order valence-electron chi connectivity index (χ0n) is 16.5. The number of pyridine rings is 1. The van der Waals surface area contributed by atoms with Gasteiger partial charge in [-0.25, -0.2) is 4.98 Å². The minimum atomic E-state index is -5.11. The second-order valence-corrected chi connectivity index (χ2v) is 7.08.